The Labute approximate surface area is 138 Å². The van der Waals surface area contributed by atoms with Gasteiger partial charge in [-0.05, 0) is 54.2 Å². The maximum atomic E-state index is 4.10. The van der Waals surface area contributed by atoms with E-state index in [9.17, 15) is 0 Å². The van der Waals surface area contributed by atoms with E-state index in [0.717, 1.165) is 12.3 Å². The summed E-state index contributed by atoms with van der Waals surface area (Å²) in [5, 5.41) is 0. The van der Waals surface area contributed by atoms with E-state index in [2.05, 4.69) is 58.0 Å². The molecule has 3 heteroatoms. The van der Waals surface area contributed by atoms with E-state index >= 15 is 0 Å². The van der Waals surface area contributed by atoms with E-state index < -0.39 is 0 Å². The number of rotatable bonds is 4. The number of nitrogens with zero attached hydrogens (tertiary/aromatic N) is 3. The molecule has 2 aliphatic heterocycles. The fourth-order valence-corrected chi connectivity index (χ4v) is 4.15. The third-order valence-corrected chi connectivity index (χ3v) is 5.31. The van der Waals surface area contributed by atoms with Gasteiger partial charge in [-0.2, -0.15) is 0 Å². The lowest BCUT2D eigenvalue weighted by Gasteiger charge is -2.28. The summed E-state index contributed by atoms with van der Waals surface area (Å²) in [4.78, 5) is 6.78. The molecule has 0 bridgehead atoms. The normalized spacial score (nSPS) is 24.5. The van der Waals surface area contributed by atoms with Crippen LogP contribution >= 0.6 is 0 Å². The Morgan fingerprint density at radius 1 is 1.17 bits per heavy atom. The highest BCUT2D eigenvalue weighted by Crippen LogP contribution is 2.33. The van der Waals surface area contributed by atoms with Crippen molar-refractivity contribution in [2.24, 2.45) is 5.92 Å². The Morgan fingerprint density at radius 3 is 2.87 bits per heavy atom. The second kappa shape index (κ2) is 6.32. The van der Waals surface area contributed by atoms with Crippen molar-refractivity contribution in [3.05, 3.63) is 49.1 Å². The van der Waals surface area contributed by atoms with Gasteiger partial charge in [-0.15, -0.1) is 0 Å². The van der Waals surface area contributed by atoms with Gasteiger partial charge < -0.3 is 4.57 Å². The molecule has 2 atom stereocenters. The summed E-state index contributed by atoms with van der Waals surface area (Å²) in [6, 6.07) is 7.00. The highest BCUT2D eigenvalue weighted by Gasteiger charge is 2.32. The molecule has 0 saturated carbocycles. The second-order valence-corrected chi connectivity index (χ2v) is 6.90. The smallest absolute Gasteiger partial charge is 0.0301 e. The summed E-state index contributed by atoms with van der Waals surface area (Å²) in [6.45, 7) is 4.81. The van der Waals surface area contributed by atoms with Gasteiger partial charge in [-0.3, -0.25) is 9.88 Å². The van der Waals surface area contributed by atoms with Crippen LogP contribution in [-0.4, -0.2) is 33.6 Å². The Kier molecular flexibility index (Phi) is 4.04. The first kappa shape index (κ1) is 14.7. The average Bonchev–Trinajstić information content (AvgIpc) is 3.22. The van der Waals surface area contributed by atoms with Crippen LogP contribution in [0, 0.1) is 5.92 Å². The number of aromatic nitrogens is 2. The number of hydrogen-bond donors (Lipinski definition) is 0. The lowest BCUT2D eigenvalue weighted by Crippen LogP contribution is -2.33. The van der Waals surface area contributed by atoms with Crippen LogP contribution in [0.25, 0.3) is 16.8 Å². The van der Waals surface area contributed by atoms with Crippen LogP contribution in [0.3, 0.4) is 0 Å². The Bertz CT molecular complexity index is 686. The van der Waals surface area contributed by atoms with E-state index in [1.165, 1.54) is 49.2 Å². The molecule has 0 aliphatic carbocycles. The molecule has 2 aromatic heterocycles. The van der Waals surface area contributed by atoms with Crippen LogP contribution < -0.4 is 0 Å². The van der Waals surface area contributed by atoms with Crippen molar-refractivity contribution in [3.63, 3.8) is 0 Å². The molecule has 0 N–H and O–H groups in total. The van der Waals surface area contributed by atoms with Crippen molar-refractivity contribution >= 4 is 5.70 Å². The fraction of sp³-hybridized carbons (Fsp3) is 0.450. The average molecular weight is 307 g/mol. The fourth-order valence-electron chi connectivity index (χ4n) is 4.15. The van der Waals surface area contributed by atoms with Crippen molar-refractivity contribution in [1.29, 1.82) is 0 Å². The molecule has 120 valence electrons. The minimum absolute atomic E-state index is 0.655. The maximum absolute atomic E-state index is 4.10. The quantitative estimate of drug-likeness (QED) is 0.840. The zero-order valence-corrected chi connectivity index (χ0v) is 13.9. The number of fused-ring (bicyclic) bond motifs is 1. The van der Waals surface area contributed by atoms with Gasteiger partial charge in [-0.25, -0.2) is 0 Å². The molecular formula is C20H25N3. The molecule has 0 amide bonds. The molecule has 0 aromatic carbocycles. The molecule has 1 saturated heterocycles. The zero-order chi connectivity index (χ0) is 15.6. The van der Waals surface area contributed by atoms with E-state index in [0.29, 0.717) is 6.04 Å². The molecule has 2 aliphatic rings. The second-order valence-electron chi connectivity index (χ2n) is 6.90. The maximum Gasteiger partial charge on any atom is 0.0301 e. The zero-order valence-electron chi connectivity index (χ0n) is 13.9. The van der Waals surface area contributed by atoms with E-state index in [1.807, 2.05) is 12.4 Å². The molecule has 1 fully saturated rings. The Balaban J connectivity index is 1.53. The highest BCUT2D eigenvalue weighted by molar-refractivity contribution is 5.64. The summed E-state index contributed by atoms with van der Waals surface area (Å²) in [6.07, 6.45) is 15.9. The number of pyridine rings is 1. The van der Waals surface area contributed by atoms with Crippen LogP contribution in [0.5, 0.6) is 0 Å². The Morgan fingerprint density at radius 2 is 2.04 bits per heavy atom. The van der Waals surface area contributed by atoms with Gasteiger partial charge >= 0.3 is 0 Å². The lowest BCUT2D eigenvalue weighted by molar-refractivity contribution is 0.277. The van der Waals surface area contributed by atoms with Crippen LogP contribution in [0.4, 0.5) is 0 Å². The van der Waals surface area contributed by atoms with Gasteiger partial charge in [0.25, 0.3) is 0 Å². The van der Waals surface area contributed by atoms with Crippen molar-refractivity contribution in [2.45, 2.75) is 38.6 Å². The van der Waals surface area contributed by atoms with Gasteiger partial charge in [0.1, 0.15) is 0 Å². The first-order valence-corrected chi connectivity index (χ1v) is 8.87. The number of hydrogen-bond acceptors (Lipinski definition) is 2. The monoisotopic (exact) mass is 307 g/mol. The van der Waals surface area contributed by atoms with E-state index in [1.54, 1.807) is 0 Å². The summed E-state index contributed by atoms with van der Waals surface area (Å²) in [7, 11) is 0. The molecule has 0 radical (unpaired) electrons. The van der Waals surface area contributed by atoms with Crippen LogP contribution in [-0.2, 0) is 0 Å². The summed E-state index contributed by atoms with van der Waals surface area (Å²) in [5.74, 6) is 0.901. The molecule has 3 nitrogen and oxygen atoms in total. The van der Waals surface area contributed by atoms with Crippen LogP contribution in [0.2, 0.25) is 0 Å². The van der Waals surface area contributed by atoms with Crippen molar-refractivity contribution in [2.75, 3.05) is 13.1 Å². The largest absolute Gasteiger partial charge is 0.327 e. The third-order valence-electron chi connectivity index (χ3n) is 5.31. The molecular weight excluding hydrogens is 282 g/mol. The van der Waals surface area contributed by atoms with Gasteiger partial charge in [0.2, 0.25) is 0 Å². The Hall–Kier alpha value is -1.87. The van der Waals surface area contributed by atoms with Crippen molar-refractivity contribution in [3.8, 4) is 11.1 Å². The topological polar surface area (TPSA) is 21.1 Å². The molecule has 4 rings (SSSR count). The summed E-state index contributed by atoms with van der Waals surface area (Å²) >= 11 is 0. The molecule has 23 heavy (non-hydrogen) atoms. The predicted molar refractivity (Wildman–Crippen MR) is 94.9 cm³/mol. The van der Waals surface area contributed by atoms with Crippen molar-refractivity contribution < 1.29 is 0 Å². The lowest BCUT2D eigenvalue weighted by atomic mass is 9.99. The van der Waals surface area contributed by atoms with Gasteiger partial charge in [0.05, 0.1) is 0 Å². The molecule has 4 heterocycles. The predicted octanol–water partition coefficient (Wildman–Crippen LogP) is 4.29. The SMILES string of the molecule is CCC[C@H]1C[C@H]2C=C(n3ccc(-c4ccncc4)c3)CCN2C1. The molecule has 0 unspecified atom stereocenters. The van der Waals surface area contributed by atoms with Gasteiger partial charge in [0.15, 0.2) is 0 Å². The van der Waals surface area contributed by atoms with Gasteiger partial charge in [-0.1, -0.05) is 13.3 Å². The van der Waals surface area contributed by atoms with E-state index in [-0.39, 0.29) is 0 Å². The summed E-state index contributed by atoms with van der Waals surface area (Å²) < 4.78 is 2.32. The van der Waals surface area contributed by atoms with Gasteiger partial charge in [0, 0.05) is 56.0 Å². The first-order chi connectivity index (χ1) is 11.3. The minimum Gasteiger partial charge on any atom is -0.327 e. The first-order valence-electron chi connectivity index (χ1n) is 8.87. The van der Waals surface area contributed by atoms with Crippen LogP contribution in [0.15, 0.2) is 49.1 Å². The summed E-state index contributed by atoms with van der Waals surface area (Å²) in [5.41, 5.74) is 3.97. The van der Waals surface area contributed by atoms with E-state index in [4.69, 9.17) is 0 Å². The highest BCUT2D eigenvalue weighted by atomic mass is 15.2. The minimum atomic E-state index is 0.655. The van der Waals surface area contributed by atoms with Crippen molar-refractivity contribution in [1.82, 2.24) is 14.5 Å². The standard InChI is InChI=1S/C20H25N3/c1-2-3-16-12-20-13-19(7-11-22(20)14-16)23-10-6-18(15-23)17-4-8-21-9-5-17/h4-6,8-10,13,15-16,20H,2-3,7,11-12,14H2,1H3/t16-,20-/m0/s1. The molecule has 0 spiro atoms. The molecule has 2 aromatic rings. The third kappa shape index (κ3) is 2.98. The van der Waals surface area contributed by atoms with Crippen LogP contribution in [0.1, 0.15) is 32.6 Å².